The molecule has 0 radical (unpaired) electrons. The molecule has 0 bridgehead atoms. The van der Waals surface area contributed by atoms with E-state index in [1.54, 1.807) is 32.2 Å². The highest BCUT2D eigenvalue weighted by atomic mass is 33.1. The highest BCUT2D eigenvalue weighted by Gasteiger charge is 2.37. The first-order chi connectivity index (χ1) is 36.8. The zero-order valence-corrected chi connectivity index (χ0v) is 45.1. The number of aromatic amines is 1. The number of aromatic hydroxyl groups is 1. The predicted octanol–water partition coefficient (Wildman–Crippen LogP) is 3.00. The van der Waals surface area contributed by atoms with Gasteiger partial charge in [-0.1, -0.05) is 115 Å². The minimum atomic E-state index is -1.54. The SMILES string of the molecule is CC(C)C1NC(=O)C(CCCCN)CC(=O)C(Cc2c[nH]c3ccccc23)CC(=O)C(Cc2ccc(O)cc2)NC(=O)C(NC(=O)C(N)Cc2ccc3ccccc3c2)CSSCC(C(=O)NC(C(N)=O)C(C)O)NC1=O. The van der Waals surface area contributed by atoms with Crippen molar-refractivity contribution in [2.45, 2.75) is 114 Å². The van der Waals surface area contributed by atoms with E-state index >= 15 is 0 Å². The number of carbonyl (C=O) groups excluding carboxylic acids is 8. The summed E-state index contributed by atoms with van der Waals surface area (Å²) >= 11 is 0. The number of aliphatic hydroxyl groups excluding tert-OH is 1. The van der Waals surface area contributed by atoms with Crippen molar-refractivity contribution in [3.8, 4) is 5.75 Å². The van der Waals surface area contributed by atoms with Crippen molar-refractivity contribution >= 4 is 90.3 Å². The van der Waals surface area contributed by atoms with Crippen LogP contribution < -0.4 is 43.8 Å². The number of fused-ring (bicyclic) bond motifs is 2. The van der Waals surface area contributed by atoms with Crippen molar-refractivity contribution < 1.29 is 48.6 Å². The molecule has 6 amide bonds. The summed E-state index contributed by atoms with van der Waals surface area (Å²) < 4.78 is 0. The molecule has 1 saturated heterocycles. The Hall–Kier alpha value is -6.78. The molecule has 21 heteroatoms. The molecule has 19 nitrogen and oxygen atoms in total. The number of H-pyrrole nitrogens is 1. The van der Waals surface area contributed by atoms with E-state index in [1.807, 2.05) is 66.7 Å². The fourth-order valence-electron chi connectivity index (χ4n) is 9.25. The van der Waals surface area contributed by atoms with Gasteiger partial charge in [0, 0.05) is 53.3 Å². The number of carbonyl (C=O) groups is 8. The predicted molar refractivity (Wildman–Crippen MR) is 299 cm³/mol. The van der Waals surface area contributed by atoms with Gasteiger partial charge in [-0.15, -0.1) is 0 Å². The average molecular weight is 1090 g/mol. The van der Waals surface area contributed by atoms with Crippen LogP contribution in [0.15, 0.2) is 97.2 Å². The Kier molecular flexibility index (Phi) is 22.1. The first-order valence-electron chi connectivity index (χ1n) is 25.9. The van der Waals surface area contributed by atoms with E-state index in [4.69, 9.17) is 17.2 Å². The molecule has 0 aliphatic carbocycles. The molecule has 1 aliphatic heterocycles. The third-order valence-electron chi connectivity index (χ3n) is 13.7. The minimum Gasteiger partial charge on any atom is -0.508 e. The van der Waals surface area contributed by atoms with E-state index in [2.05, 4.69) is 31.6 Å². The number of benzene rings is 4. The van der Waals surface area contributed by atoms with Crippen LogP contribution in [-0.4, -0.2) is 123 Å². The van der Waals surface area contributed by atoms with Gasteiger partial charge < -0.3 is 59.0 Å². The fraction of sp³-hybridized carbons (Fsp3) is 0.429. The van der Waals surface area contributed by atoms with Gasteiger partial charge in [-0.3, -0.25) is 38.4 Å². The number of amides is 6. The van der Waals surface area contributed by atoms with Crippen LogP contribution in [0.2, 0.25) is 0 Å². The minimum absolute atomic E-state index is 0.0262. The summed E-state index contributed by atoms with van der Waals surface area (Å²) in [6.45, 7) is 4.96. The number of Topliss-reactive ketones (excluding diaryl/α,β-unsaturated/α-hetero) is 2. The Balaban J connectivity index is 1.39. The Morgan fingerprint density at radius 2 is 1.43 bits per heavy atom. The van der Waals surface area contributed by atoms with Crippen LogP contribution in [0, 0.1) is 17.8 Å². The Morgan fingerprint density at radius 3 is 2.13 bits per heavy atom. The number of unbranched alkanes of at least 4 members (excludes halogenated alkanes) is 1. The lowest BCUT2D eigenvalue weighted by Crippen LogP contribution is -2.60. The molecule has 0 spiro atoms. The number of nitrogens with two attached hydrogens (primary N) is 3. The third-order valence-corrected chi connectivity index (χ3v) is 16.1. The number of primary amides is 1. The van der Waals surface area contributed by atoms with Gasteiger partial charge >= 0.3 is 0 Å². The van der Waals surface area contributed by atoms with Gasteiger partial charge in [0.1, 0.15) is 35.7 Å². The summed E-state index contributed by atoms with van der Waals surface area (Å²) in [5.74, 6) is -8.60. The molecule has 9 atom stereocenters. The molecule has 1 aromatic heterocycles. The van der Waals surface area contributed by atoms with Crippen molar-refractivity contribution in [3.63, 3.8) is 0 Å². The highest BCUT2D eigenvalue weighted by molar-refractivity contribution is 8.76. The maximum Gasteiger partial charge on any atom is 0.244 e. The number of phenolic OH excluding ortho intramolecular Hbond substituents is 1. The number of aliphatic hydroxyl groups is 1. The number of para-hydroxylation sites is 1. The van der Waals surface area contributed by atoms with E-state index in [0.717, 1.165) is 54.4 Å². The van der Waals surface area contributed by atoms with Crippen LogP contribution >= 0.6 is 21.6 Å². The fourth-order valence-corrected chi connectivity index (χ4v) is 11.6. The first-order valence-corrected chi connectivity index (χ1v) is 28.4. The largest absolute Gasteiger partial charge is 0.508 e. The van der Waals surface area contributed by atoms with Gasteiger partial charge in [-0.2, -0.15) is 0 Å². The maximum absolute atomic E-state index is 15.0. The van der Waals surface area contributed by atoms with Gasteiger partial charge in [0.2, 0.25) is 35.4 Å². The van der Waals surface area contributed by atoms with E-state index in [0.29, 0.717) is 24.9 Å². The number of rotatable bonds is 17. The van der Waals surface area contributed by atoms with Crippen LogP contribution in [-0.2, 0) is 57.6 Å². The van der Waals surface area contributed by atoms with Gasteiger partial charge in [-0.25, -0.2) is 0 Å². The monoisotopic (exact) mass is 1090 g/mol. The lowest BCUT2D eigenvalue weighted by Gasteiger charge is -2.29. The second-order valence-corrected chi connectivity index (χ2v) is 22.6. The summed E-state index contributed by atoms with van der Waals surface area (Å²) in [5.41, 5.74) is 20.8. The number of phenols is 1. The van der Waals surface area contributed by atoms with Crippen LogP contribution in [0.4, 0.5) is 0 Å². The maximum atomic E-state index is 15.0. The lowest BCUT2D eigenvalue weighted by atomic mass is 9.83. The number of hydrogen-bond acceptors (Lipinski definition) is 14. The van der Waals surface area contributed by atoms with Crippen LogP contribution in [0.1, 0.15) is 69.6 Å². The molecule has 1 aliphatic rings. The Morgan fingerprint density at radius 1 is 0.753 bits per heavy atom. The molecule has 4 aromatic carbocycles. The van der Waals surface area contributed by atoms with Crippen molar-refractivity contribution in [3.05, 3.63) is 114 Å². The Labute approximate surface area is 455 Å². The zero-order valence-electron chi connectivity index (χ0n) is 43.5. The van der Waals surface area contributed by atoms with Gasteiger partial charge in [0.05, 0.1) is 18.2 Å². The number of hydrogen-bond donors (Lipinski definition) is 11. The average Bonchev–Trinajstić information content (AvgIpc) is 3.81. The van der Waals surface area contributed by atoms with Crippen molar-refractivity contribution in [2.75, 3.05) is 18.1 Å². The summed E-state index contributed by atoms with van der Waals surface area (Å²) in [5, 5.41) is 36.8. The molecule has 2 heterocycles. The molecule has 6 rings (SSSR count). The molecule has 9 unspecified atom stereocenters. The molecular formula is C56H71N9O10S2. The van der Waals surface area contributed by atoms with Crippen LogP contribution in [0.25, 0.3) is 21.7 Å². The summed E-state index contributed by atoms with van der Waals surface area (Å²) in [6.07, 6.45) is 1.00. The van der Waals surface area contributed by atoms with Crippen molar-refractivity contribution in [1.29, 1.82) is 0 Å². The van der Waals surface area contributed by atoms with E-state index < -0.39 is 107 Å². The smallest absolute Gasteiger partial charge is 0.244 e. The lowest BCUT2D eigenvalue weighted by molar-refractivity contribution is -0.136. The topological polar surface area (TPSA) is 331 Å². The molecule has 412 valence electrons. The molecule has 14 N–H and O–H groups in total. The third kappa shape index (κ3) is 17.1. The first kappa shape index (κ1) is 59.5. The normalized spacial score (nSPS) is 21.8. The van der Waals surface area contributed by atoms with Crippen LogP contribution in [0.5, 0.6) is 5.75 Å². The van der Waals surface area contributed by atoms with E-state index in [9.17, 15) is 48.6 Å². The van der Waals surface area contributed by atoms with Gasteiger partial charge in [-0.05, 0) is 97.2 Å². The molecule has 0 saturated carbocycles. The highest BCUT2D eigenvalue weighted by Crippen LogP contribution is 2.28. The van der Waals surface area contributed by atoms with Gasteiger partial charge in [0.15, 0.2) is 5.78 Å². The Bertz CT molecular complexity index is 2880. The molecular weight excluding hydrogens is 1020 g/mol. The van der Waals surface area contributed by atoms with Gasteiger partial charge in [0.25, 0.3) is 0 Å². The number of aromatic nitrogens is 1. The molecule has 5 aromatic rings. The standard InChI is InChI=1S/C56H71N9O10S2/c1-31(2)49-56(75)63-46(55(74)65-50(32(3)66)51(59)70)30-77-76-29-45(62-53(72)42(58)23-34-15-18-35-10-4-5-11-36(35)22-34)54(73)61-44(24-33-16-19-40(67)20-17-33)48(69)27-38(25-39-28-60-43-14-7-6-13-41(39)43)47(68)26-37(52(71)64-49)12-8-9-21-57/h4-7,10-11,13-20,22,28,31-32,37-38,42,44-46,49-50,60,66-67H,8-9,12,21,23-27,29-30,57-58H2,1-3H3,(H2,59,70)(H,61,73)(H,62,72)(H,63,75)(H,64,71)(H,65,74). The molecule has 77 heavy (non-hydrogen) atoms. The number of ketones is 2. The molecule has 1 fully saturated rings. The number of nitrogens with one attached hydrogen (secondary N) is 6. The summed E-state index contributed by atoms with van der Waals surface area (Å²) in [4.78, 5) is 117. The van der Waals surface area contributed by atoms with E-state index in [1.165, 1.54) is 19.1 Å². The summed E-state index contributed by atoms with van der Waals surface area (Å²) in [6, 6.07) is 19.1. The van der Waals surface area contributed by atoms with E-state index in [-0.39, 0.29) is 55.8 Å². The summed E-state index contributed by atoms with van der Waals surface area (Å²) in [7, 11) is 2.08. The van der Waals surface area contributed by atoms with Crippen LogP contribution in [0.3, 0.4) is 0 Å². The van der Waals surface area contributed by atoms with Crippen molar-refractivity contribution in [1.82, 2.24) is 31.6 Å². The zero-order chi connectivity index (χ0) is 55.8. The quantitative estimate of drug-likeness (QED) is 0.0471. The second kappa shape index (κ2) is 28.6. The van der Waals surface area contributed by atoms with Crippen molar-refractivity contribution in [2.24, 2.45) is 35.0 Å². The second-order valence-electron chi connectivity index (χ2n) is 20.1.